The molecule has 0 radical (unpaired) electrons. The zero-order chi connectivity index (χ0) is 11.4. The van der Waals surface area contributed by atoms with Gasteiger partial charge in [-0.3, -0.25) is 14.6 Å². The van der Waals surface area contributed by atoms with Crippen LogP contribution in [0.5, 0.6) is 5.75 Å². The SMILES string of the molecule is C[C@@H](NC(=O)c1cncc(O)c1)C(=O)O. The second-order valence-electron chi connectivity index (χ2n) is 2.97. The minimum atomic E-state index is -1.13. The van der Waals surface area contributed by atoms with E-state index in [9.17, 15) is 9.59 Å². The Morgan fingerprint density at radius 3 is 2.67 bits per heavy atom. The molecule has 1 amide bonds. The first-order valence-corrected chi connectivity index (χ1v) is 4.18. The second-order valence-corrected chi connectivity index (χ2v) is 2.97. The standard InChI is InChI=1S/C9H10N2O4/c1-5(9(14)15)11-8(13)6-2-7(12)4-10-3-6/h2-5,12H,1H3,(H,11,13)(H,14,15)/t5-/m1/s1. The number of aliphatic carboxylic acids is 1. The fraction of sp³-hybridized carbons (Fsp3) is 0.222. The lowest BCUT2D eigenvalue weighted by Crippen LogP contribution is -2.38. The summed E-state index contributed by atoms with van der Waals surface area (Å²) in [6, 6.07) is 0.219. The molecular weight excluding hydrogens is 200 g/mol. The summed E-state index contributed by atoms with van der Waals surface area (Å²) in [5.74, 6) is -1.87. The molecule has 0 aliphatic heterocycles. The van der Waals surface area contributed by atoms with E-state index in [1.54, 1.807) is 0 Å². The number of hydrogen-bond acceptors (Lipinski definition) is 4. The lowest BCUT2D eigenvalue weighted by molar-refractivity contribution is -0.138. The average Bonchev–Trinajstić information content (AvgIpc) is 2.17. The molecule has 6 nitrogen and oxygen atoms in total. The minimum Gasteiger partial charge on any atom is -0.506 e. The molecule has 1 heterocycles. The average molecular weight is 210 g/mol. The molecule has 0 fully saturated rings. The molecule has 3 N–H and O–H groups in total. The van der Waals surface area contributed by atoms with Gasteiger partial charge in [-0.2, -0.15) is 0 Å². The van der Waals surface area contributed by atoms with Crippen LogP contribution in [0.15, 0.2) is 18.5 Å². The molecule has 0 saturated heterocycles. The van der Waals surface area contributed by atoms with E-state index in [4.69, 9.17) is 10.2 Å². The molecule has 0 unspecified atom stereocenters. The number of aromatic hydroxyl groups is 1. The van der Waals surface area contributed by atoms with E-state index in [-0.39, 0.29) is 11.3 Å². The van der Waals surface area contributed by atoms with Crippen molar-refractivity contribution in [3.05, 3.63) is 24.0 Å². The van der Waals surface area contributed by atoms with Gasteiger partial charge in [0.25, 0.3) is 5.91 Å². The van der Waals surface area contributed by atoms with Crippen molar-refractivity contribution in [3.8, 4) is 5.75 Å². The van der Waals surface area contributed by atoms with Crippen molar-refractivity contribution in [2.24, 2.45) is 0 Å². The highest BCUT2D eigenvalue weighted by Crippen LogP contribution is 2.08. The van der Waals surface area contributed by atoms with Crippen molar-refractivity contribution >= 4 is 11.9 Å². The number of carbonyl (C=O) groups is 2. The van der Waals surface area contributed by atoms with Gasteiger partial charge in [0.1, 0.15) is 11.8 Å². The Balaban J connectivity index is 2.73. The predicted molar refractivity (Wildman–Crippen MR) is 50.5 cm³/mol. The Bertz CT molecular complexity index is 391. The van der Waals surface area contributed by atoms with Crippen LogP contribution in [0, 0.1) is 0 Å². The second kappa shape index (κ2) is 4.41. The van der Waals surface area contributed by atoms with Crippen molar-refractivity contribution in [3.63, 3.8) is 0 Å². The normalized spacial score (nSPS) is 11.8. The molecule has 6 heteroatoms. The molecule has 1 aromatic rings. The number of rotatable bonds is 3. The number of carboxylic acid groups (broad SMARTS) is 1. The van der Waals surface area contributed by atoms with Crippen molar-refractivity contribution < 1.29 is 19.8 Å². The van der Waals surface area contributed by atoms with Gasteiger partial charge in [-0.05, 0) is 13.0 Å². The largest absolute Gasteiger partial charge is 0.506 e. The molecule has 1 atom stereocenters. The first-order chi connectivity index (χ1) is 7.00. The summed E-state index contributed by atoms with van der Waals surface area (Å²) in [6.45, 7) is 1.34. The number of nitrogens with zero attached hydrogens (tertiary/aromatic N) is 1. The summed E-state index contributed by atoms with van der Waals surface area (Å²) >= 11 is 0. The topological polar surface area (TPSA) is 99.5 Å². The molecule has 1 aromatic heterocycles. The summed E-state index contributed by atoms with van der Waals surface area (Å²) in [6.07, 6.45) is 2.42. The smallest absolute Gasteiger partial charge is 0.325 e. The van der Waals surface area contributed by atoms with Crippen LogP contribution in [0.2, 0.25) is 0 Å². The van der Waals surface area contributed by atoms with Crippen LogP contribution in [-0.2, 0) is 4.79 Å². The van der Waals surface area contributed by atoms with E-state index in [1.165, 1.54) is 25.4 Å². The van der Waals surface area contributed by atoms with Crippen molar-refractivity contribution in [1.82, 2.24) is 10.3 Å². The number of aromatic nitrogens is 1. The molecule has 0 aliphatic rings. The van der Waals surface area contributed by atoms with Crippen molar-refractivity contribution in [1.29, 1.82) is 0 Å². The quantitative estimate of drug-likeness (QED) is 0.651. The molecule has 1 rings (SSSR count). The summed E-state index contributed by atoms with van der Waals surface area (Å²) in [5.41, 5.74) is 0.114. The Labute approximate surface area is 85.6 Å². The summed E-state index contributed by atoms with van der Waals surface area (Å²) < 4.78 is 0. The van der Waals surface area contributed by atoms with Gasteiger partial charge < -0.3 is 15.5 Å². The molecule has 80 valence electrons. The van der Waals surface area contributed by atoms with Crippen LogP contribution < -0.4 is 5.32 Å². The highest BCUT2D eigenvalue weighted by molar-refractivity contribution is 5.96. The van der Waals surface area contributed by atoms with Gasteiger partial charge in [-0.25, -0.2) is 0 Å². The summed E-state index contributed by atoms with van der Waals surface area (Å²) in [7, 11) is 0. The maximum atomic E-state index is 11.4. The molecule has 0 saturated carbocycles. The zero-order valence-electron chi connectivity index (χ0n) is 7.97. The van der Waals surface area contributed by atoms with Crippen LogP contribution >= 0.6 is 0 Å². The molecular formula is C9H10N2O4. The van der Waals surface area contributed by atoms with Gasteiger partial charge in [-0.15, -0.1) is 0 Å². The maximum absolute atomic E-state index is 11.4. The molecule has 0 aliphatic carbocycles. The zero-order valence-corrected chi connectivity index (χ0v) is 7.97. The third kappa shape index (κ3) is 2.94. The van der Waals surface area contributed by atoms with Crippen LogP contribution in [0.25, 0.3) is 0 Å². The fourth-order valence-corrected chi connectivity index (χ4v) is 0.894. The highest BCUT2D eigenvalue weighted by Gasteiger charge is 2.15. The monoisotopic (exact) mass is 210 g/mol. The van der Waals surface area contributed by atoms with Crippen LogP contribution in [0.4, 0.5) is 0 Å². The Kier molecular flexibility index (Phi) is 3.22. The van der Waals surface area contributed by atoms with Crippen molar-refractivity contribution in [2.45, 2.75) is 13.0 Å². The first-order valence-electron chi connectivity index (χ1n) is 4.18. The van der Waals surface area contributed by atoms with E-state index in [2.05, 4.69) is 10.3 Å². The molecule has 15 heavy (non-hydrogen) atoms. The van der Waals surface area contributed by atoms with Gasteiger partial charge in [0, 0.05) is 6.20 Å². The van der Waals surface area contributed by atoms with E-state index in [0.29, 0.717) is 0 Å². The van der Waals surface area contributed by atoms with Crippen LogP contribution in [0.3, 0.4) is 0 Å². The lowest BCUT2D eigenvalue weighted by atomic mass is 10.2. The molecule has 0 aromatic carbocycles. The number of carbonyl (C=O) groups excluding carboxylic acids is 1. The third-order valence-electron chi connectivity index (χ3n) is 1.70. The predicted octanol–water partition coefficient (Wildman–Crippen LogP) is -0.00990. The maximum Gasteiger partial charge on any atom is 0.325 e. The minimum absolute atomic E-state index is 0.114. The van der Waals surface area contributed by atoms with E-state index in [0.717, 1.165) is 0 Å². The van der Waals surface area contributed by atoms with E-state index in [1.807, 2.05) is 0 Å². The van der Waals surface area contributed by atoms with Gasteiger partial charge in [-0.1, -0.05) is 0 Å². The summed E-state index contributed by atoms with van der Waals surface area (Å²) in [4.78, 5) is 25.4. The lowest BCUT2D eigenvalue weighted by Gasteiger charge is -2.08. The van der Waals surface area contributed by atoms with Crippen molar-refractivity contribution in [2.75, 3.05) is 0 Å². The third-order valence-corrected chi connectivity index (χ3v) is 1.70. The van der Waals surface area contributed by atoms with Crippen LogP contribution in [-0.4, -0.2) is 33.1 Å². The Hall–Kier alpha value is -2.11. The van der Waals surface area contributed by atoms with Gasteiger partial charge in [0.05, 0.1) is 11.8 Å². The van der Waals surface area contributed by atoms with Crippen LogP contribution in [0.1, 0.15) is 17.3 Å². The van der Waals surface area contributed by atoms with Gasteiger partial charge in [0.15, 0.2) is 0 Å². The Morgan fingerprint density at radius 2 is 2.13 bits per heavy atom. The number of carboxylic acids is 1. The van der Waals surface area contributed by atoms with E-state index < -0.39 is 17.9 Å². The molecule has 0 spiro atoms. The number of hydrogen-bond donors (Lipinski definition) is 3. The Morgan fingerprint density at radius 1 is 1.47 bits per heavy atom. The summed E-state index contributed by atoms with van der Waals surface area (Å²) in [5, 5.41) is 19.8. The first kappa shape index (κ1) is 11.0. The van der Waals surface area contributed by atoms with E-state index >= 15 is 0 Å². The fourth-order valence-electron chi connectivity index (χ4n) is 0.894. The number of nitrogens with one attached hydrogen (secondary N) is 1. The van der Waals surface area contributed by atoms with Gasteiger partial charge >= 0.3 is 5.97 Å². The number of pyridine rings is 1. The number of amides is 1. The molecule has 0 bridgehead atoms. The highest BCUT2D eigenvalue weighted by atomic mass is 16.4. The van der Waals surface area contributed by atoms with Gasteiger partial charge in [0.2, 0.25) is 0 Å².